The Morgan fingerprint density at radius 2 is 2.04 bits per heavy atom. The van der Waals surface area contributed by atoms with E-state index < -0.39 is 0 Å². The molecule has 2 heterocycles. The molecule has 1 aliphatic rings. The number of hydrogen-bond acceptors (Lipinski definition) is 4. The van der Waals surface area contributed by atoms with Gasteiger partial charge in [-0.25, -0.2) is 9.82 Å². The standard InChI is InChI=1S/C18H19FN4O/c1-13(21-22-18(24)15-5-4-8-20-12-15)14-6-7-17(16(19)11-14)23-9-2-3-10-23/h4-8,11-12H,2-3,9-10H2,1H3,(H,22,24)/b21-13-. The molecule has 1 amide bonds. The van der Waals surface area contributed by atoms with Gasteiger partial charge in [0.05, 0.1) is 17.0 Å². The van der Waals surface area contributed by atoms with Crippen LogP contribution in [0.3, 0.4) is 0 Å². The number of carbonyl (C=O) groups excluding carboxylic acids is 1. The predicted octanol–water partition coefficient (Wildman–Crippen LogP) is 2.97. The number of amides is 1. The maximum absolute atomic E-state index is 14.3. The highest BCUT2D eigenvalue weighted by Gasteiger charge is 2.16. The van der Waals surface area contributed by atoms with Crippen LogP contribution in [0.5, 0.6) is 0 Å². The number of benzene rings is 1. The van der Waals surface area contributed by atoms with Crippen molar-refractivity contribution in [3.05, 3.63) is 59.7 Å². The lowest BCUT2D eigenvalue weighted by Crippen LogP contribution is -2.20. The zero-order chi connectivity index (χ0) is 16.9. The van der Waals surface area contributed by atoms with Crippen LogP contribution >= 0.6 is 0 Å². The lowest BCUT2D eigenvalue weighted by atomic mass is 10.1. The van der Waals surface area contributed by atoms with Crippen LogP contribution in [0.2, 0.25) is 0 Å². The molecular weight excluding hydrogens is 307 g/mol. The van der Waals surface area contributed by atoms with Gasteiger partial charge in [0.1, 0.15) is 5.82 Å². The van der Waals surface area contributed by atoms with Gasteiger partial charge >= 0.3 is 0 Å². The SMILES string of the molecule is C/C(=N/NC(=O)c1cccnc1)c1ccc(N2CCCC2)c(F)c1. The molecule has 1 aliphatic heterocycles. The summed E-state index contributed by atoms with van der Waals surface area (Å²) < 4.78 is 14.3. The zero-order valence-electron chi connectivity index (χ0n) is 13.5. The van der Waals surface area contributed by atoms with Crippen molar-refractivity contribution in [1.29, 1.82) is 0 Å². The third-order valence-corrected chi connectivity index (χ3v) is 4.06. The Morgan fingerprint density at radius 1 is 1.25 bits per heavy atom. The molecule has 1 saturated heterocycles. The van der Waals surface area contributed by atoms with Crippen LogP contribution in [0.15, 0.2) is 47.8 Å². The van der Waals surface area contributed by atoms with Gasteiger partial charge in [0.2, 0.25) is 0 Å². The summed E-state index contributed by atoms with van der Waals surface area (Å²) in [6.45, 7) is 3.52. The number of anilines is 1. The molecule has 0 radical (unpaired) electrons. The van der Waals surface area contributed by atoms with Crippen LogP contribution in [0.1, 0.15) is 35.7 Å². The molecule has 0 bridgehead atoms. The van der Waals surface area contributed by atoms with E-state index in [9.17, 15) is 9.18 Å². The molecular formula is C18H19FN4O. The van der Waals surface area contributed by atoms with Crippen LogP contribution in [-0.2, 0) is 0 Å². The van der Waals surface area contributed by atoms with Crippen molar-refractivity contribution in [2.75, 3.05) is 18.0 Å². The molecule has 1 aromatic heterocycles. The lowest BCUT2D eigenvalue weighted by molar-refractivity contribution is 0.0954. The van der Waals surface area contributed by atoms with Gasteiger partial charge in [0, 0.05) is 31.0 Å². The molecule has 1 aromatic carbocycles. The van der Waals surface area contributed by atoms with Crippen LogP contribution in [-0.4, -0.2) is 29.7 Å². The Morgan fingerprint density at radius 3 is 2.71 bits per heavy atom. The molecule has 0 spiro atoms. The molecule has 0 saturated carbocycles. The van der Waals surface area contributed by atoms with Gasteiger partial charge in [-0.2, -0.15) is 5.10 Å². The fraction of sp³-hybridized carbons (Fsp3) is 0.278. The molecule has 24 heavy (non-hydrogen) atoms. The molecule has 1 N–H and O–H groups in total. The van der Waals surface area contributed by atoms with Crippen molar-refractivity contribution < 1.29 is 9.18 Å². The second-order valence-corrected chi connectivity index (χ2v) is 5.74. The number of nitrogens with one attached hydrogen (secondary N) is 1. The summed E-state index contributed by atoms with van der Waals surface area (Å²) in [4.78, 5) is 17.9. The first kappa shape index (κ1) is 16.1. The first-order valence-electron chi connectivity index (χ1n) is 7.94. The average molecular weight is 326 g/mol. The van der Waals surface area contributed by atoms with E-state index in [-0.39, 0.29) is 11.7 Å². The van der Waals surface area contributed by atoms with Gasteiger partial charge in [-0.1, -0.05) is 6.07 Å². The highest BCUT2D eigenvalue weighted by molar-refractivity contribution is 6.01. The van der Waals surface area contributed by atoms with E-state index in [0.29, 0.717) is 22.5 Å². The van der Waals surface area contributed by atoms with Crippen molar-refractivity contribution in [2.45, 2.75) is 19.8 Å². The Hall–Kier alpha value is -2.76. The van der Waals surface area contributed by atoms with Gasteiger partial charge in [0.15, 0.2) is 0 Å². The summed E-state index contributed by atoms with van der Waals surface area (Å²) in [6.07, 6.45) is 5.25. The van der Waals surface area contributed by atoms with Crippen molar-refractivity contribution in [3.63, 3.8) is 0 Å². The largest absolute Gasteiger partial charge is 0.369 e. The van der Waals surface area contributed by atoms with E-state index in [1.54, 1.807) is 31.3 Å². The van der Waals surface area contributed by atoms with E-state index in [1.807, 2.05) is 6.07 Å². The van der Waals surface area contributed by atoms with Crippen LogP contribution in [0, 0.1) is 5.82 Å². The second-order valence-electron chi connectivity index (χ2n) is 5.74. The maximum atomic E-state index is 14.3. The Kier molecular flexibility index (Phi) is 4.84. The van der Waals surface area contributed by atoms with E-state index in [1.165, 1.54) is 12.3 Å². The van der Waals surface area contributed by atoms with Gasteiger partial charge in [-0.05, 0) is 44.0 Å². The Labute approximate surface area is 140 Å². The van der Waals surface area contributed by atoms with Gasteiger partial charge in [0.25, 0.3) is 5.91 Å². The number of pyridine rings is 1. The number of rotatable bonds is 4. The molecule has 0 unspecified atom stereocenters. The third kappa shape index (κ3) is 3.59. The minimum Gasteiger partial charge on any atom is -0.369 e. The fourth-order valence-corrected chi connectivity index (χ4v) is 2.71. The number of carbonyl (C=O) groups is 1. The first-order chi connectivity index (χ1) is 11.6. The number of hydrogen-bond donors (Lipinski definition) is 1. The van der Waals surface area contributed by atoms with Crippen LogP contribution in [0.25, 0.3) is 0 Å². The van der Waals surface area contributed by atoms with Crippen molar-refractivity contribution >= 4 is 17.3 Å². The number of nitrogens with zero attached hydrogens (tertiary/aromatic N) is 3. The van der Waals surface area contributed by atoms with Gasteiger partial charge < -0.3 is 4.90 Å². The number of hydrazone groups is 1. The summed E-state index contributed by atoms with van der Waals surface area (Å²) in [6, 6.07) is 8.39. The smallest absolute Gasteiger partial charge is 0.272 e. The summed E-state index contributed by atoms with van der Waals surface area (Å²) in [5.74, 6) is -0.612. The molecule has 3 rings (SSSR count). The molecule has 6 heteroatoms. The fourth-order valence-electron chi connectivity index (χ4n) is 2.71. The predicted molar refractivity (Wildman–Crippen MR) is 91.8 cm³/mol. The van der Waals surface area contributed by atoms with Gasteiger partial charge in [-0.3, -0.25) is 9.78 Å². The molecule has 124 valence electrons. The van der Waals surface area contributed by atoms with E-state index >= 15 is 0 Å². The normalized spacial score (nSPS) is 14.8. The minimum absolute atomic E-state index is 0.262. The lowest BCUT2D eigenvalue weighted by Gasteiger charge is -2.18. The second kappa shape index (κ2) is 7.21. The maximum Gasteiger partial charge on any atom is 0.272 e. The molecule has 0 aliphatic carbocycles. The Balaban J connectivity index is 1.71. The monoisotopic (exact) mass is 326 g/mol. The topological polar surface area (TPSA) is 57.6 Å². The first-order valence-corrected chi connectivity index (χ1v) is 7.94. The van der Waals surface area contributed by atoms with Crippen molar-refractivity contribution in [3.8, 4) is 0 Å². The highest BCUT2D eigenvalue weighted by atomic mass is 19.1. The van der Waals surface area contributed by atoms with E-state index in [2.05, 4.69) is 20.4 Å². The van der Waals surface area contributed by atoms with Crippen LogP contribution < -0.4 is 10.3 Å². The molecule has 0 atom stereocenters. The Bertz CT molecular complexity index is 755. The zero-order valence-corrected chi connectivity index (χ0v) is 13.5. The summed E-state index contributed by atoms with van der Waals surface area (Å²) >= 11 is 0. The quantitative estimate of drug-likeness (QED) is 0.694. The summed E-state index contributed by atoms with van der Waals surface area (Å²) in [7, 11) is 0. The van der Waals surface area contributed by atoms with E-state index in [0.717, 1.165) is 25.9 Å². The number of aromatic nitrogens is 1. The highest BCUT2D eigenvalue weighted by Crippen LogP contribution is 2.24. The summed E-state index contributed by atoms with van der Waals surface area (Å²) in [5.41, 5.74) is 4.69. The number of halogens is 1. The molecule has 1 fully saturated rings. The molecule has 5 nitrogen and oxygen atoms in total. The minimum atomic E-state index is -0.350. The molecule has 2 aromatic rings. The average Bonchev–Trinajstić information content (AvgIpc) is 3.14. The van der Waals surface area contributed by atoms with Crippen molar-refractivity contribution in [1.82, 2.24) is 10.4 Å². The van der Waals surface area contributed by atoms with E-state index in [4.69, 9.17) is 0 Å². The van der Waals surface area contributed by atoms with Crippen LogP contribution in [0.4, 0.5) is 10.1 Å². The van der Waals surface area contributed by atoms with Gasteiger partial charge in [-0.15, -0.1) is 0 Å². The van der Waals surface area contributed by atoms with Crippen molar-refractivity contribution in [2.24, 2.45) is 5.10 Å². The summed E-state index contributed by atoms with van der Waals surface area (Å²) in [5, 5.41) is 4.05. The third-order valence-electron chi connectivity index (χ3n) is 4.06.